The molecule has 0 radical (unpaired) electrons. The van der Waals surface area contributed by atoms with Crippen LogP contribution < -0.4 is 0 Å². The molecular weight excluding hydrogens is 311 g/mol. The molecule has 0 aliphatic carbocycles. The smallest absolute Gasteiger partial charge is 0.337 e. The molecule has 0 aliphatic rings. The minimum Gasteiger partial charge on any atom is -0.479 e. The number of benzene rings is 1. The summed E-state index contributed by atoms with van der Waals surface area (Å²) in [4.78, 5) is 22.1. The van der Waals surface area contributed by atoms with Crippen LogP contribution in [-0.2, 0) is 4.79 Å². The van der Waals surface area contributed by atoms with Crippen molar-refractivity contribution in [3.05, 3.63) is 34.3 Å². The molecule has 0 fully saturated rings. The number of aliphatic carboxylic acids is 1. The first kappa shape index (κ1) is 14.2. The number of hydrogen-bond donors (Lipinski definition) is 2. The van der Waals surface area contributed by atoms with E-state index in [4.69, 9.17) is 16.7 Å². The summed E-state index contributed by atoms with van der Waals surface area (Å²) < 4.78 is 0. The maximum Gasteiger partial charge on any atom is 0.337 e. The van der Waals surface area contributed by atoms with E-state index in [9.17, 15) is 14.7 Å². The van der Waals surface area contributed by atoms with Crippen LogP contribution in [0.2, 0.25) is 5.02 Å². The van der Waals surface area contributed by atoms with E-state index < -0.39 is 16.9 Å². The van der Waals surface area contributed by atoms with Gasteiger partial charge in [-0.3, -0.25) is 4.79 Å². The molecule has 17 heavy (non-hydrogen) atoms. The quantitative estimate of drug-likeness (QED) is 0.660. The van der Waals surface area contributed by atoms with Crippen LogP contribution in [0.25, 0.3) is 0 Å². The molecule has 0 spiro atoms. The third kappa shape index (κ3) is 3.28. The zero-order valence-corrected chi connectivity index (χ0v) is 11.2. The van der Waals surface area contributed by atoms with E-state index in [1.807, 2.05) is 0 Å². The van der Waals surface area contributed by atoms with Crippen LogP contribution in [0.1, 0.15) is 28.9 Å². The lowest BCUT2D eigenvalue weighted by Gasteiger charge is -2.13. The molecule has 0 heterocycles. The molecule has 92 valence electrons. The first-order valence-corrected chi connectivity index (χ1v) is 6.02. The normalized spacial score (nSPS) is 14.1. The molecule has 0 aliphatic heterocycles. The van der Waals surface area contributed by atoms with Crippen molar-refractivity contribution in [3.63, 3.8) is 0 Å². The molecule has 2 atom stereocenters. The molecule has 2 N–H and O–H groups in total. The number of carbonyl (C=O) groups excluding carboxylic acids is 1. The van der Waals surface area contributed by atoms with Gasteiger partial charge in [0, 0.05) is 16.1 Å². The van der Waals surface area contributed by atoms with Gasteiger partial charge in [-0.05, 0) is 25.1 Å². The van der Waals surface area contributed by atoms with Crippen LogP contribution in [-0.4, -0.2) is 26.8 Å². The highest BCUT2D eigenvalue weighted by Crippen LogP contribution is 2.25. The van der Waals surface area contributed by atoms with Crippen molar-refractivity contribution >= 4 is 39.3 Å². The van der Waals surface area contributed by atoms with Gasteiger partial charge in [0.2, 0.25) is 0 Å². The third-order valence-corrected chi connectivity index (χ3v) is 2.82. The average Bonchev–Trinajstić information content (AvgIpc) is 2.26. The summed E-state index contributed by atoms with van der Waals surface area (Å²) in [6.45, 7) is 1.62. The van der Waals surface area contributed by atoms with Gasteiger partial charge in [-0.1, -0.05) is 27.5 Å². The molecule has 6 heteroatoms. The van der Waals surface area contributed by atoms with Gasteiger partial charge in [-0.25, -0.2) is 4.79 Å². The molecular formula is C11H10BrClO4. The van der Waals surface area contributed by atoms with E-state index in [2.05, 4.69) is 15.9 Å². The number of aliphatic hydroxyl groups excluding tert-OH is 1. The number of halogens is 2. The minimum atomic E-state index is -1.76. The molecule has 1 aromatic rings. The van der Waals surface area contributed by atoms with Crippen LogP contribution in [0.3, 0.4) is 0 Å². The Kier molecular flexibility index (Phi) is 4.68. The first-order chi connectivity index (χ1) is 7.84. The molecule has 2 unspecified atom stereocenters. The Bertz CT molecular complexity index is 459. The molecule has 0 amide bonds. The largest absolute Gasteiger partial charge is 0.479 e. The highest BCUT2D eigenvalue weighted by molar-refractivity contribution is 9.10. The summed E-state index contributed by atoms with van der Waals surface area (Å²) in [7, 11) is 0. The standard InChI is InChI=1S/C11H10BrClO4/c1-5(12)9(14)7-3-2-6(13)4-8(7)10(15)11(16)17/h2-5,10,15H,1H3,(H,16,17). The second kappa shape index (κ2) is 5.62. The summed E-state index contributed by atoms with van der Waals surface area (Å²) in [6.07, 6.45) is -1.76. The Balaban J connectivity index is 3.31. The van der Waals surface area contributed by atoms with Crippen LogP contribution in [0.4, 0.5) is 0 Å². The number of rotatable bonds is 4. The Labute approximate surface area is 111 Å². The molecule has 0 saturated carbocycles. The number of ketones is 1. The summed E-state index contributed by atoms with van der Waals surface area (Å²) in [6, 6.07) is 4.16. The number of hydrogen-bond acceptors (Lipinski definition) is 3. The van der Waals surface area contributed by atoms with Crippen molar-refractivity contribution in [1.82, 2.24) is 0 Å². The summed E-state index contributed by atoms with van der Waals surface area (Å²) in [5.74, 6) is -1.74. The topological polar surface area (TPSA) is 74.6 Å². The van der Waals surface area contributed by atoms with Gasteiger partial charge in [0.05, 0.1) is 4.83 Å². The van der Waals surface area contributed by atoms with Gasteiger partial charge in [-0.2, -0.15) is 0 Å². The summed E-state index contributed by atoms with van der Waals surface area (Å²) in [5.41, 5.74) is 0.148. The van der Waals surface area contributed by atoms with E-state index in [0.29, 0.717) is 0 Å². The number of aliphatic hydroxyl groups is 1. The number of alkyl halides is 1. The average molecular weight is 322 g/mol. The van der Waals surface area contributed by atoms with Gasteiger partial charge in [0.15, 0.2) is 11.9 Å². The molecule has 1 aromatic carbocycles. The summed E-state index contributed by atoms with van der Waals surface area (Å²) >= 11 is 8.83. The zero-order chi connectivity index (χ0) is 13.2. The Hall–Kier alpha value is -0.910. The van der Waals surface area contributed by atoms with Gasteiger partial charge in [0.1, 0.15) is 0 Å². The predicted molar refractivity (Wildman–Crippen MR) is 66.8 cm³/mol. The van der Waals surface area contributed by atoms with E-state index in [1.54, 1.807) is 6.92 Å². The number of carboxylic acids is 1. The van der Waals surface area contributed by atoms with Crippen molar-refractivity contribution in [2.24, 2.45) is 0 Å². The lowest BCUT2D eigenvalue weighted by molar-refractivity contribution is -0.146. The number of carboxylic acid groups (broad SMARTS) is 1. The van der Waals surface area contributed by atoms with Crippen LogP contribution in [0, 0.1) is 0 Å². The van der Waals surface area contributed by atoms with Crippen molar-refractivity contribution in [3.8, 4) is 0 Å². The first-order valence-electron chi connectivity index (χ1n) is 4.73. The van der Waals surface area contributed by atoms with Crippen molar-refractivity contribution < 1.29 is 19.8 Å². The van der Waals surface area contributed by atoms with Gasteiger partial charge in [-0.15, -0.1) is 0 Å². The second-order valence-corrected chi connectivity index (χ2v) is 5.26. The predicted octanol–water partition coefficient (Wildman–Crippen LogP) is 2.42. The van der Waals surface area contributed by atoms with E-state index in [0.717, 1.165) is 0 Å². The minimum absolute atomic E-state index is 0.00120. The maximum atomic E-state index is 11.8. The van der Waals surface area contributed by atoms with Crippen LogP contribution in [0.15, 0.2) is 18.2 Å². The third-order valence-electron chi connectivity index (χ3n) is 2.17. The second-order valence-electron chi connectivity index (χ2n) is 3.45. The number of Topliss-reactive ketones (excluding diaryl/α,β-unsaturated/α-hetero) is 1. The fraction of sp³-hybridized carbons (Fsp3) is 0.273. The number of carbonyl (C=O) groups is 2. The fourth-order valence-corrected chi connectivity index (χ4v) is 1.76. The van der Waals surface area contributed by atoms with Crippen molar-refractivity contribution in [2.45, 2.75) is 17.9 Å². The van der Waals surface area contributed by atoms with Crippen molar-refractivity contribution in [2.75, 3.05) is 0 Å². The molecule has 1 rings (SSSR count). The highest BCUT2D eigenvalue weighted by Gasteiger charge is 2.24. The maximum absolute atomic E-state index is 11.8. The van der Waals surface area contributed by atoms with Gasteiger partial charge in [0.25, 0.3) is 0 Å². The molecule has 4 nitrogen and oxygen atoms in total. The van der Waals surface area contributed by atoms with E-state index in [-0.39, 0.29) is 21.9 Å². The van der Waals surface area contributed by atoms with E-state index >= 15 is 0 Å². The van der Waals surface area contributed by atoms with Crippen LogP contribution in [0.5, 0.6) is 0 Å². The lowest BCUT2D eigenvalue weighted by atomic mass is 9.98. The highest BCUT2D eigenvalue weighted by atomic mass is 79.9. The SMILES string of the molecule is CC(Br)C(=O)c1ccc(Cl)cc1C(O)C(=O)O. The monoisotopic (exact) mass is 320 g/mol. The Morgan fingerprint density at radius 1 is 1.41 bits per heavy atom. The Morgan fingerprint density at radius 2 is 2.00 bits per heavy atom. The van der Waals surface area contributed by atoms with E-state index in [1.165, 1.54) is 18.2 Å². The lowest BCUT2D eigenvalue weighted by Crippen LogP contribution is -2.18. The van der Waals surface area contributed by atoms with Crippen LogP contribution >= 0.6 is 27.5 Å². The molecule has 0 saturated heterocycles. The molecule has 0 bridgehead atoms. The van der Waals surface area contributed by atoms with Gasteiger partial charge >= 0.3 is 5.97 Å². The summed E-state index contributed by atoms with van der Waals surface area (Å²) in [5, 5.41) is 18.5. The Morgan fingerprint density at radius 3 is 2.47 bits per heavy atom. The van der Waals surface area contributed by atoms with Crippen molar-refractivity contribution in [1.29, 1.82) is 0 Å². The van der Waals surface area contributed by atoms with Gasteiger partial charge < -0.3 is 10.2 Å². The zero-order valence-electron chi connectivity index (χ0n) is 8.85. The fourth-order valence-electron chi connectivity index (χ4n) is 1.33. The molecule has 0 aromatic heterocycles.